The number of aliphatic imine (C=N–C) groups is 1. The van der Waals surface area contributed by atoms with E-state index >= 15 is 0 Å². The van der Waals surface area contributed by atoms with Gasteiger partial charge in [0.05, 0.1) is 5.69 Å². The molecular formula is C14H22N4O2S. The van der Waals surface area contributed by atoms with Crippen molar-refractivity contribution in [2.45, 2.75) is 18.2 Å². The van der Waals surface area contributed by atoms with E-state index in [4.69, 9.17) is 0 Å². The largest absolute Gasteiger partial charge is 0.311 e. The fourth-order valence-electron chi connectivity index (χ4n) is 2.26. The highest BCUT2D eigenvalue weighted by Gasteiger charge is 2.31. The van der Waals surface area contributed by atoms with Gasteiger partial charge in [-0.3, -0.25) is 4.99 Å². The molecule has 1 aromatic rings. The lowest BCUT2D eigenvalue weighted by Crippen LogP contribution is -2.49. The van der Waals surface area contributed by atoms with Crippen LogP contribution >= 0.6 is 0 Å². The van der Waals surface area contributed by atoms with E-state index < -0.39 is 10.0 Å². The van der Waals surface area contributed by atoms with Gasteiger partial charge in [-0.15, -0.1) is 0 Å². The Morgan fingerprint density at radius 2 is 2.00 bits per heavy atom. The van der Waals surface area contributed by atoms with E-state index in [0.717, 1.165) is 13.0 Å². The van der Waals surface area contributed by atoms with Gasteiger partial charge >= 0.3 is 0 Å². The van der Waals surface area contributed by atoms with Gasteiger partial charge in [-0.25, -0.2) is 13.1 Å². The second kappa shape index (κ2) is 6.44. The predicted molar refractivity (Wildman–Crippen MR) is 85.3 cm³/mol. The second-order valence-electron chi connectivity index (χ2n) is 5.18. The molecule has 0 aromatic heterocycles. The molecule has 0 amide bonds. The second-order valence-corrected chi connectivity index (χ2v) is 6.83. The van der Waals surface area contributed by atoms with Crippen LogP contribution in [0, 0.1) is 0 Å². The highest BCUT2D eigenvalue weighted by molar-refractivity contribution is 7.90. The minimum Gasteiger partial charge on any atom is -0.311 e. The SMILES string of the molecule is CCN1C(=NCCCN(C)C)NS(=O)(=O)c2ccccc21. The first-order valence-corrected chi connectivity index (χ1v) is 8.52. The molecule has 1 aromatic carbocycles. The minimum atomic E-state index is -3.52. The summed E-state index contributed by atoms with van der Waals surface area (Å²) in [5.41, 5.74) is 0.685. The Bertz CT molecular complexity index is 626. The molecule has 0 aliphatic carbocycles. The number of fused-ring (bicyclic) bond motifs is 1. The fourth-order valence-corrected chi connectivity index (χ4v) is 3.50. The van der Waals surface area contributed by atoms with Crippen LogP contribution in [0.2, 0.25) is 0 Å². The molecule has 0 spiro atoms. The van der Waals surface area contributed by atoms with E-state index in [0.29, 0.717) is 29.6 Å². The van der Waals surface area contributed by atoms with Crippen LogP contribution in [0.25, 0.3) is 0 Å². The van der Waals surface area contributed by atoms with Crippen molar-refractivity contribution < 1.29 is 8.42 Å². The van der Waals surface area contributed by atoms with Crippen molar-refractivity contribution in [3.05, 3.63) is 24.3 Å². The monoisotopic (exact) mass is 310 g/mol. The zero-order valence-corrected chi connectivity index (χ0v) is 13.5. The number of benzene rings is 1. The Morgan fingerprint density at radius 3 is 2.67 bits per heavy atom. The molecule has 0 unspecified atom stereocenters. The highest BCUT2D eigenvalue weighted by atomic mass is 32.2. The number of anilines is 1. The smallest absolute Gasteiger partial charge is 0.266 e. The fraction of sp³-hybridized carbons (Fsp3) is 0.500. The van der Waals surface area contributed by atoms with E-state index in [2.05, 4.69) is 14.6 Å². The zero-order chi connectivity index (χ0) is 15.5. The van der Waals surface area contributed by atoms with Crippen molar-refractivity contribution in [1.29, 1.82) is 0 Å². The maximum Gasteiger partial charge on any atom is 0.266 e. The molecule has 0 saturated carbocycles. The summed E-state index contributed by atoms with van der Waals surface area (Å²) in [7, 11) is 0.489. The number of hydrogen-bond acceptors (Lipinski definition) is 4. The highest BCUT2D eigenvalue weighted by Crippen LogP contribution is 2.28. The Hall–Kier alpha value is -1.60. The topological polar surface area (TPSA) is 65.0 Å². The third-order valence-corrected chi connectivity index (χ3v) is 4.64. The molecular weight excluding hydrogens is 288 g/mol. The third kappa shape index (κ3) is 3.54. The predicted octanol–water partition coefficient (Wildman–Crippen LogP) is 1.11. The molecule has 21 heavy (non-hydrogen) atoms. The third-order valence-electron chi connectivity index (χ3n) is 3.27. The molecule has 6 nitrogen and oxygen atoms in total. The summed E-state index contributed by atoms with van der Waals surface area (Å²) in [5, 5.41) is 0. The average molecular weight is 310 g/mol. The van der Waals surface area contributed by atoms with Crippen LogP contribution in [0.1, 0.15) is 13.3 Å². The summed E-state index contributed by atoms with van der Waals surface area (Å²) in [5.74, 6) is 0.412. The molecule has 1 N–H and O–H groups in total. The summed E-state index contributed by atoms with van der Waals surface area (Å²) in [6, 6.07) is 6.99. The van der Waals surface area contributed by atoms with Gasteiger partial charge in [-0.1, -0.05) is 12.1 Å². The maximum atomic E-state index is 12.3. The molecule has 0 saturated heterocycles. The molecule has 0 fully saturated rings. The Labute approximate surface area is 126 Å². The van der Waals surface area contributed by atoms with Crippen molar-refractivity contribution in [3.63, 3.8) is 0 Å². The number of sulfonamides is 1. The summed E-state index contributed by atoms with van der Waals surface area (Å²) in [6.07, 6.45) is 0.886. The molecule has 1 aliphatic heterocycles. The van der Waals surface area contributed by atoms with Crippen LogP contribution < -0.4 is 9.62 Å². The lowest BCUT2D eigenvalue weighted by atomic mass is 10.3. The number of para-hydroxylation sites is 1. The molecule has 2 rings (SSSR count). The Balaban J connectivity index is 2.26. The van der Waals surface area contributed by atoms with Gasteiger partial charge in [-0.05, 0) is 46.1 Å². The van der Waals surface area contributed by atoms with Crippen LogP contribution in [-0.2, 0) is 10.0 Å². The molecule has 1 heterocycles. The number of hydrogen-bond donors (Lipinski definition) is 1. The van der Waals surface area contributed by atoms with Crippen LogP contribution in [0.3, 0.4) is 0 Å². The van der Waals surface area contributed by atoms with E-state index in [-0.39, 0.29) is 0 Å². The molecule has 0 atom stereocenters. The van der Waals surface area contributed by atoms with Crippen molar-refractivity contribution >= 4 is 21.7 Å². The molecule has 7 heteroatoms. The van der Waals surface area contributed by atoms with E-state index in [9.17, 15) is 8.42 Å². The lowest BCUT2D eigenvalue weighted by molar-refractivity contribution is 0.403. The lowest BCUT2D eigenvalue weighted by Gasteiger charge is -2.31. The summed E-state index contributed by atoms with van der Waals surface area (Å²) in [4.78, 5) is 8.71. The first-order chi connectivity index (χ1) is 9.95. The molecule has 116 valence electrons. The van der Waals surface area contributed by atoms with Crippen molar-refractivity contribution in [2.75, 3.05) is 38.6 Å². The molecule has 1 aliphatic rings. The van der Waals surface area contributed by atoms with Crippen LogP contribution in [0.5, 0.6) is 0 Å². The van der Waals surface area contributed by atoms with Crippen molar-refractivity contribution in [2.24, 2.45) is 4.99 Å². The van der Waals surface area contributed by atoms with Crippen LogP contribution in [-0.4, -0.2) is 53.0 Å². The summed E-state index contributed by atoms with van der Waals surface area (Å²) < 4.78 is 27.1. The van der Waals surface area contributed by atoms with Gasteiger partial charge in [0, 0.05) is 13.1 Å². The molecule has 0 radical (unpaired) electrons. The van der Waals surface area contributed by atoms with Crippen molar-refractivity contribution in [1.82, 2.24) is 9.62 Å². The van der Waals surface area contributed by atoms with E-state index in [1.54, 1.807) is 12.1 Å². The zero-order valence-electron chi connectivity index (χ0n) is 12.7. The molecule has 0 bridgehead atoms. The van der Waals surface area contributed by atoms with Crippen LogP contribution in [0.15, 0.2) is 34.2 Å². The van der Waals surface area contributed by atoms with Gasteiger partial charge in [-0.2, -0.15) is 0 Å². The normalized spacial score (nSPS) is 18.7. The van der Waals surface area contributed by atoms with Crippen molar-refractivity contribution in [3.8, 4) is 0 Å². The average Bonchev–Trinajstić information content (AvgIpc) is 2.43. The first kappa shape index (κ1) is 15.8. The summed E-state index contributed by atoms with van der Waals surface area (Å²) >= 11 is 0. The van der Waals surface area contributed by atoms with E-state index in [1.165, 1.54) is 0 Å². The van der Waals surface area contributed by atoms with Gasteiger partial charge in [0.2, 0.25) is 5.96 Å². The van der Waals surface area contributed by atoms with Gasteiger partial charge in [0.15, 0.2) is 0 Å². The van der Waals surface area contributed by atoms with Crippen LogP contribution in [0.4, 0.5) is 5.69 Å². The number of guanidine groups is 1. The summed E-state index contributed by atoms with van der Waals surface area (Å²) in [6.45, 7) is 4.15. The van der Waals surface area contributed by atoms with Gasteiger partial charge in [0.1, 0.15) is 4.90 Å². The maximum absolute atomic E-state index is 12.3. The Morgan fingerprint density at radius 1 is 1.29 bits per heavy atom. The number of rotatable bonds is 5. The van der Waals surface area contributed by atoms with Gasteiger partial charge in [0.25, 0.3) is 10.0 Å². The standard InChI is InChI=1S/C14H22N4O2S/c1-4-18-12-8-5-6-9-13(12)21(19,20)16-14(18)15-10-7-11-17(2)3/h5-6,8-9H,4,7,10-11H2,1-3H3,(H,15,16). The Kier molecular flexibility index (Phi) is 4.84. The minimum absolute atomic E-state index is 0.305. The van der Waals surface area contributed by atoms with Gasteiger partial charge < -0.3 is 9.80 Å². The van der Waals surface area contributed by atoms with E-state index in [1.807, 2.05) is 38.1 Å². The number of nitrogens with one attached hydrogen (secondary N) is 1. The number of nitrogens with zero attached hydrogens (tertiary/aromatic N) is 3. The first-order valence-electron chi connectivity index (χ1n) is 7.04. The quantitative estimate of drug-likeness (QED) is 0.828.